The number of Topliss-reactive ketones (excluding diaryl/α,β-unsaturated/α-hetero) is 1. The molecule has 0 N–H and O–H groups in total. The van der Waals surface area contributed by atoms with Gasteiger partial charge in [-0.25, -0.2) is 4.79 Å². The highest BCUT2D eigenvalue weighted by Gasteiger charge is 2.50. The third-order valence-electron chi connectivity index (χ3n) is 5.09. The molecule has 122 valence electrons. The highest BCUT2D eigenvalue weighted by Crippen LogP contribution is 2.43. The van der Waals surface area contributed by atoms with E-state index in [4.69, 9.17) is 4.74 Å². The van der Waals surface area contributed by atoms with Gasteiger partial charge in [-0.1, -0.05) is 54.6 Å². The molecule has 1 heterocycles. The molecule has 24 heavy (non-hydrogen) atoms. The Morgan fingerprint density at radius 3 is 2.62 bits per heavy atom. The standard InChI is InChI=1S/C20H19NO3/c22-18-17-9-5-4-8-16(17)12-20(18)10-11-21(14-20)19(23)24-13-15-6-2-1-3-7-15/h1-9H,10-14H2. The minimum absolute atomic E-state index is 0.177. The van der Waals surface area contributed by atoms with Crippen LogP contribution in [0, 0.1) is 5.41 Å². The van der Waals surface area contributed by atoms with E-state index in [1.54, 1.807) is 4.90 Å². The van der Waals surface area contributed by atoms with Gasteiger partial charge in [-0.05, 0) is 24.0 Å². The van der Waals surface area contributed by atoms with Gasteiger partial charge < -0.3 is 9.64 Å². The van der Waals surface area contributed by atoms with Crippen molar-refractivity contribution >= 4 is 11.9 Å². The Morgan fingerprint density at radius 1 is 1.08 bits per heavy atom. The van der Waals surface area contributed by atoms with Gasteiger partial charge in [0, 0.05) is 18.7 Å². The van der Waals surface area contributed by atoms with Crippen LogP contribution in [-0.2, 0) is 17.8 Å². The third kappa shape index (κ3) is 2.48. The Hall–Kier alpha value is -2.62. The summed E-state index contributed by atoms with van der Waals surface area (Å²) in [5, 5.41) is 0. The van der Waals surface area contributed by atoms with Crippen molar-refractivity contribution in [3.63, 3.8) is 0 Å². The summed E-state index contributed by atoms with van der Waals surface area (Å²) in [5.74, 6) is 0.177. The maximum atomic E-state index is 12.8. The molecule has 1 unspecified atom stereocenters. The van der Waals surface area contributed by atoms with E-state index >= 15 is 0 Å². The number of hydrogen-bond donors (Lipinski definition) is 0. The van der Waals surface area contributed by atoms with E-state index in [1.807, 2.05) is 54.6 Å². The second-order valence-electron chi connectivity index (χ2n) is 6.66. The normalized spacial score (nSPS) is 22.0. The van der Waals surface area contributed by atoms with Gasteiger partial charge in [-0.15, -0.1) is 0 Å². The molecule has 1 atom stereocenters. The molecule has 2 aliphatic rings. The zero-order chi connectivity index (χ0) is 16.6. The Kier molecular flexibility index (Phi) is 3.60. The fourth-order valence-electron chi connectivity index (χ4n) is 3.79. The van der Waals surface area contributed by atoms with E-state index < -0.39 is 5.41 Å². The lowest BCUT2D eigenvalue weighted by Gasteiger charge is -2.22. The Bertz CT molecular complexity index is 786. The number of benzene rings is 2. The van der Waals surface area contributed by atoms with Gasteiger partial charge in [0.05, 0.1) is 5.41 Å². The van der Waals surface area contributed by atoms with Crippen LogP contribution < -0.4 is 0 Å². The summed E-state index contributed by atoms with van der Waals surface area (Å²) in [7, 11) is 0. The van der Waals surface area contributed by atoms with Crippen molar-refractivity contribution in [3.05, 3.63) is 71.3 Å². The van der Waals surface area contributed by atoms with Gasteiger partial charge in [0.15, 0.2) is 5.78 Å². The van der Waals surface area contributed by atoms with E-state index in [0.717, 1.165) is 23.1 Å². The fraction of sp³-hybridized carbons (Fsp3) is 0.300. The molecule has 0 radical (unpaired) electrons. The average molecular weight is 321 g/mol. The van der Waals surface area contributed by atoms with Crippen molar-refractivity contribution in [1.82, 2.24) is 4.90 Å². The van der Waals surface area contributed by atoms with Crippen molar-refractivity contribution in [2.24, 2.45) is 5.41 Å². The predicted octanol–water partition coefficient (Wildman–Crippen LogP) is 3.45. The first kappa shape index (κ1) is 14.9. The fourth-order valence-corrected chi connectivity index (χ4v) is 3.79. The maximum absolute atomic E-state index is 12.8. The molecule has 4 heteroatoms. The van der Waals surface area contributed by atoms with Crippen molar-refractivity contribution in [3.8, 4) is 0 Å². The van der Waals surface area contributed by atoms with Crippen LogP contribution in [0.5, 0.6) is 0 Å². The average Bonchev–Trinajstić information content (AvgIpc) is 3.17. The van der Waals surface area contributed by atoms with E-state index in [1.165, 1.54) is 0 Å². The minimum atomic E-state index is -0.449. The topological polar surface area (TPSA) is 46.6 Å². The molecule has 1 aliphatic heterocycles. The van der Waals surface area contributed by atoms with Crippen LogP contribution in [0.1, 0.15) is 27.9 Å². The number of hydrogen-bond acceptors (Lipinski definition) is 3. The van der Waals surface area contributed by atoms with Crippen LogP contribution in [0.3, 0.4) is 0 Å². The third-order valence-corrected chi connectivity index (χ3v) is 5.09. The van der Waals surface area contributed by atoms with E-state index in [-0.39, 0.29) is 18.5 Å². The molecule has 0 aromatic heterocycles. The molecule has 4 rings (SSSR count). The molecule has 0 saturated carbocycles. The lowest BCUT2D eigenvalue weighted by molar-refractivity contribution is 0.0799. The SMILES string of the molecule is O=C(OCc1ccccc1)N1CCC2(Cc3ccccc3C2=O)C1. The van der Waals surface area contributed by atoms with Crippen LogP contribution in [0.15, 0.2) is 54.6 Å². The van der Waals surface area contributed by atoms with Crippen LogP contribution in [0.25, 0.3) is 0 Å². The summed E-state index contributed by atoms with van der Waals surface area (Å²) < 4.78 is 5.40. The number of amides is 1. The number of nitrogens with zero attached hydrogens (tertiary/aromatic N) is 1. The molecule has 1 saturated heterocycles. The molecule has 1 spiro atoms. The summed E-state index contributed by atoms with van der Waals surface area (Å²) in [6.07, 6.45) is 1.10. The van der Waals surface area contributed by atoms with Crippen LogP contribution in [0.2, 0.25) is 0 Å². The molecule has 0 bridgehead atoms. The summed E-state index contributed by atoms with van der Waals surface area (Å²) in [6, 6.07) is 17.4. The van der Waals surface area contributed by atoms with Gasteiger partial charge in [0.25, 0.3) is 0 Å². The molecule has 4 nitrogen and oxygen atoms in total. The molecular formula is C20H19NO3. The van der Waals surface area contributed by atoms with Gasteiger partial charge >= 0.3 is 6.09 Å². The first-order valence-corrected chi connectivity index (χ1v) is 8.26. The molecule has 1 aliphatic carbocycles. The largest absolute Gasteiger partial charge is 0.445 e. The predicted molar refractivity (Wildman–Crippen MR) is 89.7 cm³/mol. The van der Waals surface area contributed by atoms with E-state index in [2.05, 4.69) is 0 Å². The quantitative estimate of drug-likeness (QED) is 0.851. The van der Waals surface area contributed by atoms with Gasteiger partial charge in [0.1, 0.15) is 6.61 Å². The molecule has 1 amide bonds. The summed E-state index contributed by atoms with van der Waals surface area (Å²) in [6.45, 7) is 1.29. The smallest absolute Gasteiger partial charge is 0.410 e. The van der Waals surface area contributed by atoms with Crippen molar-refractivity contribution in [2.75, 3.05) is 13.1 Å². The maximum Gasteiger partial charge on any atom is 0.410 e. The van der Waals surface area contributed by atoms with Crippen molar-refractivity contribution in [2.45, 2.75) is 19.4 Å². The zero-order valence-corrected chi connectivity index (χ0v) is 13.4. The second-order valence-corrected chi connectivity index (χ2v) is 6.66. The number of ketones is 1. The van der Waals surface area contributed by atoms with E-state index in [0.29, 0.717) is 19.5 Å². The Morgan fingerprint density at radius 2 is 1.83 bits per heavy atom. The lowest BCUT2D eigenvalue weighted by atomic mass is 9.83. The molecule has 2 aromatic carbocycles. The number of rotatable bonds is 2. The van der Waals surface area contributed by atoms with Crippen LogP contribution >= 0.6 is 0 Å². The van der Waals surface area contributed by atoms with Crippen LogP contribution in [-0.4, -0.2) is 29.9 Å². The lowest BCUT2D eigenvalue weighted by Crippen LogP contribution is -2.35. The Balaban J connectivity index is 1.42. The Labute approximate surface area is 141 Å². The van der Waals surface area contributed by atoms with Crippen molar-refractivity contribution in [1.29, 1.82) is 0 Å². The number of fused-ring (bicyclic) bond motifs is 1. The highest BCUT2D eigenvalue weighted by molar-refractivity contribution is 6.05. The number of carbonyl (C=O) groups excluding carboxylic acids is 2. The summed E-state index contributed by atoms with van der Waals surface area (Å²) in [4.78, 5) is 26.8. The zero-order valence-electron chi connectivity index (χ0n) is 13.4. The van der Waals surface area contributed by atoms with Crippen molar-refractivity contribution < 1.29 is 14.3 Å². The molecule has 2 aromatic rings. The highest BCUT2D eigenvalue weighted by atomic mass is 16.6. The first-order valence-electron chi connectivity index (χ1n) is 8.26. The summed E-state index contributed by atoms with van der Waals surface area (Å²) in [5.41, 5.74) is 2.43. The molecule has 1 fully saturated rings. The number of carbonyl (C=O) groups is 2. The van der Waals surface area contributed by atoms with E-state index in [9.17, 15) is 9.59 Å². The van der Waals surface area contributed by atoms with Gasteiger partial charge in [-0.2, -0.15) is 0 Å². The molecular weight excluding hydrogens is 302 g/mol. The number of likely N-dealkylation sites (tertiary alicyclic amines) is 1. The summed E-state index contributed by atoms with van der Waals surface area (Å²) >= 11 is 0. The first-order chi connectivity index (χ1) is 11.7. The van der Waals surface area contributed by atoms with Gasteiger partial charge in [-0.3, -0.25) is 4.79 Å². The monoisotopic (exact) mass is 321 g/mol. The van der Waals surface area contributed by atoms with Gasteiger partial charge in [0.2, 0.25) is 0 Å². The number of ether oxygens (including phenoxy) is 1. The van der Waals surface area contributed by atoms with Crippen LogP contribution in [0.4, 0.5) is 4.79 Å². The second kappa shape index (κ2) is 5.78. The minimum Gasteiger partial charge on any atom is -0.445 e.